The van der Waals surface area contributed by atoms with Crippen LogP contribution < -0.4 is 10.9 Å². The third kappa shape index (κ3) is 4.25. The van der Waals surface area contributed by atoms with Crippen molar-refractivity contribution in [3.8, 4) is 0 Å². The average molecular weight is 471 g/mol. The van der Waals surface area contributed by atoms with Crippen molar-refractivity contribution < 1.29 is 13.9 Å². The van der Waals surface area contributed by atoms with Gasteiger partial charge >= 0.3 is 0 Å². The number of amides is 1. The smallest absolute Gasteiger partial charge is 0.272 e. The number of halogens is 1. The van der Waals surface area contributed by atoms with Crippen LogP contribution >= 0.6 is 23.1 Å². The summed E-state index contributed by atoms with van der Waals surface area (Å²) in [6.07, 6.45) is 3.49. The third-order valence-electron chi connectivity index (χ3n) is 5.19. The van der Waals surface area contributed by atoms with Crippen molar-refractivity contribution in [1.82, 2.24) is 14.5 Å². The van der Waals surface area contributed by atoms with Crippen LogP contribution in [0, 0.1) is 5.82 Å². The van der Waals surface area contributed by atoms with E-state index in [1.54, 1.807) is 10.8 Å². The van der Waals surface area contributed by atoms with Gasteiger partial charge in [0.15, 0.2) is 5.16 Å². The van der Waals surface area contributed by atoms with Gasteiger partial charge in [-0.2, -0.15) is 0 Å². The van der Waals surface area contributed by atoms with Crippen LogP contribution in [0.1, 0.15) is 12.8 Å². The molecule has 164 valence electrons. The van der Waals surface area contributed by atoms with E-state index >= 15 is 0 Å². The number of carbonyl (C=O) groups excluding carboxylic acids is 1. The number of thiophene rings is 1. The van der Waals surface area contributed by atoms with Gasteiger partial charge in [-0.05, 0) is 49.2 Å². The van der Waals surface area contributed by atoms with Crippen LogP contribution in [0.2, 0.25) is 0 Å². The summed E-state index contributed by atoms with van der Waals surface area (Å²) in [4.78, 5) is 35.7. The quantitative estimate of drug-likeness (QED) is 0.338. The highest BCUT2D eigenvalue weighted by Gasteiger charge is 2.22. The number of ether oxygens (including phenoxy) is 1. The number of rotatable bonds is 6. The van der Waals surface area contributed by atoms with Gasteiger partial charge in [-0.3, -0.25) is 14.2 Å². The molecule has 7 nitrogen and oxygen atoms in total. The first kappa shape index (κ1) is 21.0. The molecule has 1 unspecified atom stereocenters. The van der Waals surface area contributed by atoms with Crippen molar-refractivity contribution in [1.29, 1.82) is 0 Å². The van der Waals surface area contributed by atoms with Crippen LogP contribution in [0.25, 0.3) is 20.4 Å². The Hall–Kier alpha value is -2.82. The second-order valence-electron chi connectivity index (χ2n) is 7.42. The first-order chi connectivity index (χ1) is 15.6. The summed E-state index contributed by atoms with van der Waals surface area (Å²) in [5.41, 5.74) is 0.968. The van der Waals surface area contributed by atoms with Crippen molar-refractivity contribution in [3.05, 3.63) is 58.8 Å². The number of aromatic nitrogens is 3. The van der Waals surface area contributed by atoms with E-state index in [9.17, 15) is 14.0 Å². The molecule has 0 radical (unpaired) electrons. The first-order valence-corrected chi connectivity index (χ1v) is 12.0. The van der Waals surface area contributed by atoms with Crippen LogP contribution in [0.5, 0.6) is 0 Å². The fraction of sp³-hybridized carbons (Fsp3) is 0.273. The van der Waals surface area contributed by atoms with Crippen molar-refractivity contribution in [2.45, 2.75) is 30.6 Å². The number of fused-ring (bicyclic) bond motifs is 3. The Labute approximate surface area is 190 Å². The SMILES string of the molecule is O=C(CSc1nc2c(sc3ncccc32)c(=O)n1CC1CCCO1)Nc1ccc(F)cc1. The molecule has 0 saturated carbocycles. The number of hydrogen-bond donors (Lipinski definition) is 1. The highest BCUT2D eigenvalue weighted by Crippen LogP contribution is 2.31. The molecule has 1 aliphatic heterocycles. The van der Waals surface area contributed by atoms with Crippen LogP contribution in [0.15, 0.2) is 52.5 Å². The summed E-state index contributed by atoms with van der Waals surface area (Å²) in [6.45, 7) is 1.08. The summed E-state index contributed by atoms with van der Waals surface area (Å²) >= 11 is 2.53. The van der Waals surface area contributed by atoms with Gasteiger partial charge in [0.1, 0.15) is 15.3 Å². The van der Waals surface area contributed by atoms with Gasteiger partial charge in [-0.25, -0.2) is 14.4 Å². The maximum atomic E-state index is 13.4. The number of carbonyl (C=O) groups is 1. The average Bonchev–Trinajstić information content (AvgIpc) is 3.44. The molecule has 32 heavy (non-hydrogen) atoms. The Morgan fingerprint density at radius 3 is 2.94 bits per heavy atom. The fourth-order valence-electron chi connectivity index (χ4n) is 3.66. The van der Waals surface area contributed by atoms with Crippen molar-refractivity contribution >= 4 is 55.1 Å². The summed E-state index contributed by atoms with van der Waals surface area (Å²) < 4.78 is 21.0. The summed E-state index contributed by atoms with van der Waals surface area (Å²) in [6, 6.07) is 9.28. The Morgan fingerprint density at radius 2 is 2.16 bits per heavy atom. The lowest BCUT2D eigenvalue weighted by Crippen LogP contribution is -2.28. The summed E-state index contributed by atoms with van der Waals surface area (Å²) in [5, 5.41) is 4.03. The van der Waals surface area contributed by atoms with E-state index in [1.807, 2.05) is 12.1 Å². The number of nitrogens with zero attached hydrogens (tertiary/aromatic N) is 3. The van der Waals surface area contributed by atoms with Crippen LogP contribution in [-0.2, 0) is 16.1 Å². The minimum absolute atomic E-state index is 0.0492. The lowest BCUT2D eigenvalue weighted by molar-refractivity contribution is -0.113. The molecule has 0 bridgehead atoms. The number of hydrogen-bond acceptors (Lipinski definition) is 7. The molecule has 1 aromatic carbocycles. The molecule has 0 spiro atoms. The highest BCUT2D eigenvalue weighted by molar-refractivity contribution is 7.99. The minimum Gasteiger partial charge on any atom is -0.376 e. The molecule has 1 aliphatic rings. The topological polar surface area (TPSA) is 86.1 Å². The Balaban J connectivity index is 1.46. The molecular weight excluding hydrogens is 451 g/mol. The van der Waals surface area contributed by atoms with Crippen molar-refractivity contribution in [2.24, 2.45) is 0 Å². The van der Waals surface area contributed by atoms with Crippen molar-refractivity contribution in [2.75, 3.05) is 17.7 Å². The maximum Gasteiger partial charge on any atom is 0.272 e. The third-order valence-corrected chi connectivity index (χ3v) is 7.26. The lowest BCUT2D eigenvalue weighted by atomic mass is 10.2. The van der Waals surface area contributed by atoms with Crippen LogP contribution in [0.4, 0.5) is 10.1 Å². The van der Waals surface area contributed by atoms with Gasteiger partial charge in [0, 0.05) is 23.9 Å². The van der Waals surface area contributed by atoms with Crippen LogP contribution in [0.3, 0.4) is 0 Å². The zero-order chi connectivity index (χ0) is 22.1. The predicted octanol–water partition coefficient (Wildman–Crippen LogP) is 4.06. The molecule has 1 N–H and O–H groups in total. The molecule has 3 aromatic heterocycles. The van der Waals surface area contributed by atoms with Gasteiger partial charge in [-0.15, -0.1) is 11.3 Å². The molecule has 0 aliphatic carbocycles. The molecule has 10 heteroatoms. The van der Waals surface area contributed by atoms with Crippen LogP contribution in [-0.4, -0.2) is 38.9 Å². The van der Waals surface area contributed by atoms with E-state index < -0.39 is 0 Å². The van der Waals surface area contributed by atoms with Gasteiger partial charge in [0.05, 0.1) is 23.9 Å². The number of pyridine rings is 1. The Kier molecular flexibility index (Phi) is 5.90. The predicted molar refractivity (Wildman–Crippen MR) is 124 cm³/mol. The van der Waals surface area contributed by atoms with E-state index in [1.165, 1.54) is 47.4 Å². The summed E-state index contributed by atoms with van der Waals surface area (Å²) in [7, 11) is 0. The molecule has 4 heterocycles. The first-order valence-electron chi connectivity index (χ1n) is 10.2. The van der Waals surface area contributed by atoms with Gasteiger partial charge in [0.2, 0.25) is 5.91 Å². The summed E-state index contributed by atoms with van der Waals surface area (Å²) in [5.74, 6) is -0.580. The minimum atomic E-state index is -0.370. The monoisotopic (exact) mass is 470 g/mol. The standard InChI is InChI=1S/C22H19FN4O3S2/c23-13-5-7-14(8-6-13)25-17(28)12-31-22-26-18-16-4-1-9-24-20(16)32-19(18)21(29)27(22)11-15-3-2-10-30-15/h1,4-9,15H,2-3,10-12H2,(H,25,28). The van der Waals surface area contributed by atoms with E-state index in [0.717, 1.165) is 23.1 Å². The van der Waals surface area contributed by atoms with E-state index in [4.69, 9.17) is 9.72 Å². The number of thioether (sulfide) groups is 1. The molecule has 1 fully saturated rings. The largest absolute Gasteiger partial charge is 0.376 e. The molecule has 4 aromatic rings. The zero-order valence-electron chi connectivity index (χ0n) is 16.9. The second-order valence-corrected chi connectivity index (χ2v) is 9.37. The van der Waals surface area contributed by atoms with Gasteiger partial charge < -0.3 is 10.1 Å². The van der Waals surface area contributed by atoms with Gasteiger partial charge in [0.25, 0.3) is 5.56 Å². The normalized spacial score (nSPS) is 16.1. The fourth-order valence-corrected chi connectivity index (χ4v) is 5.50. The number of benzene rings is 1. The molecular formula is C22H19FN4O3S2. The lowest BCUT2D eigenvalue weighted by Gasteiger charge is -2.15. The number of anilines is 1. The van der Waals surface area contributed by atoms with E-state index in [-0.39, 0.29) is 29.1 Å². The Bertz CT molecular complexity index is 1350. The maximum absolute atomic E-state index is 13.4. The second kappa shape index (κ2) is 8.97. The van der Waals surface area contributed by atoms with Crippen molar-refractivity contribution in [3.63, 3.8) is 0 Å². The molecule has 1 atom stereocenters. The molecule has 5 rings (SSSR count). The van der Waals surface area contributed by atoms with Gasteiger partial charge in [-0.1, -0.05) is 11.8 Å². The molecule has 1 saturated heterocycles. The highest BCUT2D eigenvalue weighted by atomic mass is 32.2. The van der Waals surface area contributed by atoms with E-state index in [2.05, 4.69) is 10.3 Å². The molecule has 1 amide bonds. The van der Waals surface area contributed by atoms with E-state index in [0.29, 0.717) is 34.2 Å². The number of nitrogens with one attached hydrogen (secondary N) is 1. The Morgan fingerprint density at radius 1 is 1.31 bits per heavy atom. The zero-order valence-corrected chi connectivity index (χ0v) is 18.5.